The zero-order valence-electron chi connectivity index (χ0n) is 10.7. The highest BCUT2D eigenvalue weighted by molar-refractivity contribution is 6.29. The lowest BCUT2D eigenvalue weighted by Gasteiger charge is -2.12. The fourth-order valence-corrected chi connectivity index (χ4v) is 1.56. The van der Waals surface area contributed by atoms with Crippen LogP contribution in [-0.4, -0.2) is 37.2 Å². The number of pyridine rings is 1. The minimum Gasteiger partial charge on any atom is -0.383 e. The Morgan fingerprint density at radius 3 is 3.00 bits per heavy atom. The van der Waals surface area contributed by atoms with Gasteiger partial charge in [0.05, 0.1) is 6.61 Å². The quantitative estimate of drug-likeness (QED) is 0.463. The van der Waals surface area contributed by atoms with Crippen LogP contribution in [0.15, 0.2) is 23.3 Å². The van der Waals surface area contributed by atoms with E-state index < -0.39 is 0 Å². The molecule has 0 saturated heterocycles. The Balaban J connectivity index is 2.33. The largest absolute Gasteiger partial charge is 0.383 e. The van der Waals surface area contributed by atoms with Crippen molar-refractivity contribution in [1.82, 2.24) is 10.3 Å². The van der Waals surface area contributed by atoms with Gasteiger partial charge in [-0.3, -0.25) is 4.99 Å². The summed E-state index contributed by atoms with van der Waals surface area (Å²) in [6.07, 6.45) is 2.53. The monoisotopic (exact) mass is 270 g/mol. The van der Waals surface area contributed by atoms with E-state index in [9.17, 15) is 0 Å². The van der Waals surface area contributed by atoms with E-state index >= 15 is 0 Å². The van der Waals surface area contributed by atoms with E-state index in [1.54, 1.807) is 19.4 Å². The molecule has 0 saturated carbocycles. The van der Waals surface area contributed by atoms with E-state index in [1.165, 1.54) is 0 Å². The molecular weight excluding hydrogens is 252 g/mol. The minimum absolute atomic E-state index is 0.149. The first kappa shape index (κ1) is 14.7. The standard InChI is InChI=1S/C12H19ClN4O/c1-9(8-18-2)17-12(14)15-6-5-10-3-4-11(13)16-7-10/h3-4,7,9H,5-6,8H2,1-2H3,(H3,14,15,17). The van der Waals surface area contributed by atoms with Crippen LogP contribution in [0.2, 0.25) is 5.15 Å². The second kappa shape index (κ2) is 7.89. The average molecular weight is 271 g/mol. The molecule has 100 valence electrons. The molecule has 1 aromatic heterocycles. The van der Waals surface area contributed by atoms with Crippen molar-refractivity contribution in [2.45, 2.75) is 19.4 Å². The Bertz CT molecular complexity index is 380. The number of nitrogens with two attached hydrogens (primary N) is 1. The molecule has 0 spiro atoms. The average Bonchev–Trinajstić information content (AvgIpc) is 2.32. The van der Waals surface area contributed by atoms with Crippen molar-refractivity contribution >= 4 is 17.6 Å². The molecule has 0 aliphatic rings. The highest BCUT2D eigenvalue weighted by Crippen LogP contribution is 2.05. The molecule has 18 heavy (non-hydrogen) atoms. The molecule has 0 fully saturated rings. The van der Waals surface area contributed by atoms with Gasteiger partial charge in [-0.25, -0.2) is 4.98 Å². The van der Waals surface area contributed by atoms with E-state index in [0.29, 0.717) is 24.3 Å². The summed E-state index contributed by atoms with van der Waals surface area (Å²) in [5.41, 5.74) is 6.82. The van der Waals surface area contributed by atoms with Crippen LogP contribution in [-0.2, 0) is 11.2 Å². The number of aromatic nitrogens is 1. The van der Waals surface area contributed by atoms with Crippen LogP contribution in [0, 0.1) is 0 Å². The van der Waals surface area contributed by atoms with Gasteiger partial charge in [0, 0.05) is 25.9 Å². The molecule has 0 radical (unpaired) electrons. The van der Waals surface area contributed by atoms with Crippen molar-refractivity contribution in [2.24, 2.45) is 10.7 Å². The molecule has 5 nitrogen and oxygen atoms in total. The Morgan fingerprint density at radius 1 is 1.61 bits per heavy atom. The third-order valence-corrected chi connectivity index (χ3v) is 2.51. The summed E-state index contributed by atoms with van der Waals surface area (Å²) in [5.74, 6) is 0.432. The third-order valence-electron chi connectivity index (χ3n) is 2.28. The number of ether oxygens (including phenoxy) is 1. The SMILES string of the molecule is COCC(C)NC(N)=NCCc1ccc(Cl)nc1. The maximum absolute atomic E-state index is 5.74. The van der Waals surface area contributed by atoms with Gasteiger partial charge in [0.15, 0.2) is 5.96 Å². The molecule has 0 aromatic carbocycles. The van der Waals surface area contributed by atoms with Crippen LogP contribution in [0.3, 0.4) is 0 Å². The second-order valence-corrected chi connectivity index (χ2v) is 4.39. The normalized spacial score (nSPS) is 13.4. The van der Waals surface area contributed by atoms with E-state index in [4.69, 9.17) is 22.1 Å². The van der Waals surface area contributed by atoms with Crippen LogP contribution in [0.1, 0.15) is 12.5 Å². The lowest BCUT2D eigenvalue weighted by atomic mass is 10.2. The topological polar surface area (TPSA) is 72.5 Å². The number of methoxy groups -OCH3 is 1. The molecule has 0 amide bonds. The van der Waals surface area contributed by atoms with E-state index in [0.717, 1.165) is 12.0 Å². The fraction of sp³-hybridized carbons (Fsp3) is 0.500. The number of rotatable bonds is 6. The molecule has 0 aliphatic carbocycles. The molecule has 1 rings (SSSR count). The van der Waals surface area contributed by atoms with Gasteiger partial charge < -0.3 is 15.8 Å². The van der Waals surface area contributed by atoms with Crippen molar-refractivity contribution in [2.75, 3.05) is 20.3 Å². The molecule has 1 atom stereocenters. The second-order valence-electron chi connectivity index (χ2n) is 4.01. The summed E-state index contributed by atoms with van der Waals surface area (Å²) >= 11 is 5.70. The highest BCUT2D eigenvalue weighted by atomic mass is 35.5. The Labute approximate surface area is 112 Å². The van der Waals surface area contributed by atoms with Crippen LogP contribution in [0.5, 0.6) is 0 Å². The first-order chi connectivity index (χ1) is 8.61. The van der Waals surface area contributed by atoms with Gasteiger partial charge in [0.25, 0.3) is 0 Å². The van der Waals surface area contributed by atoms with Gasteiger partial charge in [0.2, 0.25) is 0 Å². The van der Waals surface area contributed by atoms with Gasteiger partial charge in [0.1, 0.15) is 5.15 Å². The summed E-state index contributed by atoms with van der Waals surface area (Å²) < 4.78 is 5.00. The number of nitrogens with zero attached hydrogens (tertiary/aromatic N) is 2. The first-order valence-corrected chi connectivity index (χ1v) is 6.15. The molecule has 3 N–H and O–H groups in total. The van der Waals surface area contributed by atoms with E-state index in [-0.39, 0.29) is 6.04 Å². The number of aliphatic imine (C=N–C) groups is 1. The highest BCUT2D eigenvalue weighted by Gasteiger charge is 2.01. The summed E-state index contributed by atoms with van der Waals surface area (Å²) in [4.78, 5) is 8.23. The van der Waals surface area contributed by atoms with Crippen LogP contribution in [0.25, 0.3) is 0 Å². The van der Waals surface area contributed by atoms with Crippen molar-refractivity contribution in [3.8, 4) is 0 Å². The summed E-state index contributed by atoms with van der Waals surface area (Å²) in [7, 11) is 1.65. The lowest BCUT2D eigenvalue weighted by molar-refractivity contribution is 0.179. The van der Waals surface area contributed by atoms with Gasteiger partial charge in [-0.15, -0.1) is 0 Å². The Kier molecular flexibility index (Phi) is 6.46. The van der Waals surface area contributed by atoms with Crippen LogP contribution < -0.4 is 11.1 Å². The maximum atomic E-state index is 5.74. The zero-order chi connectivity index (χ0) is 13.4. The maximum Gasteiger partial charge on any atom is 0.188 e. The van der Waals surface area contributed by atoms with E-state index in [1.807, 2.05) is 13.0 Å². The Morgan fingerprint density at radius 2 is 2.39 bits per heavy atom. The van der Waals surface area contributed by atoms with Crippen molar-refractivity contribution in [3.63, 3.8) is 0 Å². The van der Waals surface area contributed by atoms with Crippen LogP contribution in [0.4, 0.5) is 0 Å². The molecule has 1 unspecified atom stereocenters. The summed E-state index contributed by atoms with van der Waals surface area (Å²) in [6, 6.07) is 3.85. The molecule has 1 aromatic rings. The van der Waals surface area contributed by atoms with Crippen LogP contribution >= 0.6 is 11.6 Å². The molecule has 6 heteroatoms. The number of halogens is 1. The fourth-order valence-electron chi connectivity index (χ4n) is 1.45. The number of hydrogen-bond acceptors (Lipinski definition) is 3. The molecule has 1 heterocycles. The zero-order valence-corrected chi connectivity index (χ0v) is 11.4. The number of hydrogen-bond donors (Lipinski definition) is 2. The molecule has 0 aliphatic heterocycles. The third kappa shape index (κ3) is 5.84. The van der Waals surface area contributed by atoms with E-state index in [2.05, 4.69) is 15.3 Å². The number of nitrogens with one attached hydrogen (secondary N) is 1. The van der Waals surface area contributed by atoms with Crippen molar-refractivity contribution < 1.29 is 4.74 Å². The predicted octanol–water partition coefficient (Wildman–Crippen LogP) is 1.22. The van der Waals surface area contributed by atoms with Gasteiger partial charge in [-0.2, -0.15) is 0 Å². The summed E-state index contributed by atoms with van der Waals surface area (Å²) in [5, 5.41) is 3.54. The first-order valence-electron chi connectivity index (χ1n) is 5.77. The van der Waals surface area contributed by atoms with Gasteiger partial charge >= 0.3 is 0 Å². The smallest absolute Gasteiger partial charge is 0.188 e. The summed E-state index contributed by atoms with van der Waals surface area (Å²) in [6.45, 7) is 3.19. The predicted molar refractivity (Wildman–Crippen MR) is 73.9 cm³/mol. The Hall–Kier alpha value is -1.33. The van der Waals surface area contributed by atoms with Crippen molar-refractivity contribution in [1.29, 1.82) is 0 Å². The number of guanidine groups is 1. The van der Waals surface area contributed by atoms with Gasteiger partial charge in [-0.05, 0) is 25.0 Å². The lowest BCUT2D eigenvalue weighted by Crippen LogP contribution is -2.40. The molecule has 0 bridgehead atoms. The van der Waals surface area contributed by atoms with Crippen molar-refractivity contribution in [3.05, 3.63) is 29.0 Å². The molecular formula is C12H19ClN4O. The minimum atomic E-state index is 0.149. The van der Waals surface area contributed by atoms with Gasteiger partial charge in [-0.1, -0.05) is 17.7 Å².